The number of amides is 2. The lowest BCUT2D eigenvalue weighted by Crippen LogP contribution is -2.61. The summed E-state index contributed by atoms with van der Waals surface area (Å²) in [5.74, 6) is -0.993. The fraction of sp³-hybridized carbons (Fsp3) is 0.568. The van der Waals surface area contributed by atoms with Crippen LogP contribution >= 0.6 is 11.3 Å². The fourth-order valence-corrected chi connectivity index (χ4v) is 9.69. The van der Waals surface area contributed by atoms with Crippen molar-refractivity contribution in [1.82, 2.24) is 35.6 Å². The van der Waals surface area contributed by atoms with Crippen molar-refractivity contribution < 1.29 is 23.9 Å². The van der Waals surface area contributed by atoms with E-state index in [0.717, 1.165) is 94.9 Å². The molecule has 3 aromatic heterocycles. The van der Waals surface area contributed by atoms with Crippen LogP contribution in [0, 0.1) is 11.3 Å². The highest BCUT2D eigenvalue weighted by molar-refractivity contribution is 7.10. The third kappa shape index (κ3) is 8.81. The number of ether oxygens (including phenoxy) is 2. The van der Waals surface area contributed by atoms with Crippen LogP contribution in [0.4, 0.5) is 0 Å². The number of aromatic nitrogens is 3. The van der Waals surface area contributed by atoms with Crippen LogP contribution in [-0.4, -0.2) is 82.3 Å². The number of carbonyl (C=O) groups is 3. The van der Waals surface area contributed by atoms with Gasteiger partial charge in [-0.15, -0.1) is 11.3 Å². The Hall–Kier alpha value is -4.17. The number of benzene rings is 1. The average molecular weight is 798 g/mol. The molecule has 3 aliphatic heterocycles. The lowest BCUT2D eigenvalue weighted by atomic mass is 9.84. The second-order valence-corrected chi connectivity index (χ2v) is 17.7. The van der Waals surface area contributed by atoms with Gasteiger partial charge in [-0.1, -0.05) is 39.7 Å². The fourth-order valence-electron chi connectivity index (χ4n) is 8.84. The first-order valence-electron chi connectivity index (χ1n) is 20.9. The summed E-state index contributed by atoms with van der Waals surface area (Å²) in [6, 6.07) is 9.12. The molecule has 0 aliphatic carbocycles. The van der Waals surface area contributed by atoms with Crippen LogP contribution in [0.25, 0.3) is 33.4 Å². The zero-order chi connectivity index (χ0) is 40.3. The standard InChI is InChI=1S/C44H59N7O5S/c1-7-9-15-33-29(13-10-19-45-33)41(52)48-35-23-38-47-36(25-57-38)28-17-18-37-31(22-28)32(40(50(37)8-2)30-14-11-20-46-39(30)27(3)55-6)24-44(4,5)26-56-43(54)34-16-12-21-51(49-34)42(35)53/h11,14,17-18,20,22,25,27,29,33-35,45,49H,7-10,12-13,15-16,19,21,23-24,26H2,1-6H3,(H,48,52)/t27-,29+,33+,34-,35-/m0/s1. The molecule has 7 rings (SSSR count). The van der Waals surface area contributed by atoms with E-state index < -0.39 is 17.5 Å². The molecular formula is C44H59N7O5S. The number of thiazole rings is 1. The van der Waals surface area contributed by atoms with E-state index in [0.29, 0.717) is 25.8 Å². The number of carbonyl (C=O) groups excluding carboxylic acids is 3. The summed E-state index contributed by atoms with van der Waals surface area (Å²) in [5, 5.41) is 12.2. The molecule has 2 amide bonds. The molecule has 0 saturated carbocycles. The van der Waals surface area contributed by atoms with E-state index >= 15 is 0 Å². The Balaban J connectivity index is 1.31. The molecule has 0 radical (unpaired) electrons. The second-order valence-electron chi connectivity index (χ2n) is 16.7. The van der Waals surface area contributed by atoms with Crippen LogP contribution in [0.2, 0.25) is 0 Å². The van der Waals surface area contributed by atoms with Crippen LogP contribution in [-0.2, 0) is 43.2 Å². The van der Waals surface area contributed by atoms with Crippen molar-refractivity contribution in [3.05, 3.63) is 58.2 Å². The van der Waals surface area contributed by atoms with Gasteiger partial charge in [-0.25, -0.2) is 10.4 Å². The quantitative estimate of drug-likeness (QED) is 0.157. The van der Waals surface area contributed by atoms with Crippen LogP contribution in [0.5, 0.6) is 0 Å². The number of pyridine rings is 1. The largest absolute Gasteiger partial charge is 0.464 e. The molecule has 3 N–H and O–H groups in total. The number of nitrogens with one attached hydrogen (secondary N) is 3. The van der Waals surface area contributed by atoms with Crippen molar-refractivity contribution in [2.75, 3.05) is 26.8 Å². The van der Waals surface area contributed by atoms with Crippen molar-refractivity contribution in [3.8, 4) is 22.5 Å². The van der Waals surface area contributed by atoms with Gasteiger partial charge in [0.25, 0.3) is 5.91 Å². The maximum absolute atomic E-state index is 14.4. The van der Waals surface area contributed by atoms with E-state index in [1.807, 2.05) is 24.6 Å². The summed E-state index contributed by atoms with van der Waals surface area (Å²) in [6.07, 6.45) is 8.32. The van der Waals surface area contributed by atoms with Gasteiger partial charge in [0, 0.05) is 71.7 Å². The molecule has 6 heterocycles. The van der Waals surface area contributed by atoms with Gasteiger partial charge < -0.3 is 24.7 Å². The Kier molecular flexibility index (Phi) is 12.8. The summed E-state index contributed by atoms with van der Waals surface area (Å²) >= 11 is 1.50. The molecule has 12 nitrogen and oxygen atoms in total. The monoisotopic (exact) mass is 797 g/mol. The molecule has 0 unspecified atom stereocenters. The number of methoxy groups -OCH3 is 1. The smallest absolute Gasteiger partial charge is 0.324 e. The molecule has 2 saturated heterocycles. The number of aryl methyl sites for hydroxylation is 1. The van der Waals surface area contributed by atoms with Gasteiger partial charge >= 0.3 is 5.97 Å². The van der Waals surface area contributed by atoms with Gasteiger partial charge in [0.2, 0.25) is 5.91 Å². The first kappa shape index (κ1) is 41.0. The number of cyclic esters (lactones) is 1. The van der Waals surface area contributed by atoms with Crippen molar-refractivity contribution in [2.24, 2.45) is 11.3 Å². The Morgan fingerprint density at radius 3 is 2.81 bits per heavy atom. The minimum absolute atomic E-state index is 0.0759. The SMILES string of the molecule is CCCC[C@H]1NCCC[C@H]1C(=O)N[C@H]1Cc2nc(cs2)-c2ccc3c(c2)c(c(-c2cccnc2[C@H](C)OC)n3CC)CC(C)(C)COC(=O)[C@@H]2CCCN(N2)C1=O. The minimum atomic E-state index is -0.858. The van der Waals surface area contributed by atoms with Gasteiger partial charge in [-0.3, -0.25) is 24.4 Å². The number of hydrogen-bond acceptors (Lipinski definition) is 10. The molecule has 4 aromatic rings. The van der Waals surface area contributed by atoms with E-state index in [9.17, 15) is 14.4 Å². The average Bonchev–Trinajstić information content (AvgIpc) is 3.82. The minimum Gasteiger partial charge on any atom is -0.464 e. The molecule has 0 spiro atoms. The van der Waals surface area contributed by atoms with E-state index in [1.54, 1.807) is 7.11 Å². The van der Waals surface area contributed by atoms with Crippen molar-refractivity contribution in [3.63, 3.8) is 0 Å². The van der Waals surface area contributed by atoms with Crippen LogP contribution in [0.15, 0.2) is 41.9 Å². The van der Waals surface area contributed by atoms with E-state index in [1.165, 1.54) is 16.3 Å². The van der Waals surface area contributed by atoms with Gasteiger partial charge in [0.1, 0.15) is 12.1 Å². The number of piperidine rings is 1. The summed E-state index contributed by atoms with van der Waals surface area (Å²) in [6.45, 7) is 12.8. The molecule has 1 aromatic carbocycles. The van der Waals surface area contributed by atoms with Crippen LogP contribution in [0.1, 0.15) is 102 Å². The van der Waals surface area contributed by atoms with Gasteiger partial charge in [-0.05, 0) is 88.7 Å². The highest BCUT2D eigenvalue weighted by Gasteiger charge is 2.38. The third-order valence-corrected chi connectivity index (χ3v) is 12.8. The Morgan fingerprint density at radius 1 is 1.18 bits per heavy atom. The maximum atomic E-state index is 14.4. The first-order valence-corrected chi connectivity index (χ1v) is 21.8. The normalized spacial score (nSPS) is 23.5. The molecule has 5 atom stereocenters. The van der Waals surface area contributed by atoms with Gasteiger partial charge in [-0.2, -0.15) is 0 Å². The zero-order valence-electron chi connectivity index (χ0n) is 34.4. The predicted molar refractivity (Wildman–Crippen MR) is 223 cm³/mol. The first-order chi connectivity index (χ1) is 27.5. The lowest BCUT2D eigenvalue weighted by molar-refractivity contribution is -0.155. The van der Waals surface area contributed by atoms with Crippen LogP contribution < -0.4 is 16.1 Å². The summed E-state index contributed by atoms with van der Waals surface area (Å²) in [5.41, 5.74) is 9.73. The van der Waals surface area contributed by atoms with Crippen molar-refractivity contribution in [2.45, 2.75) is 123 Å². The second kappa shape index (κ2) is 17.8. The van der Waals surface area contributed by atoms with Crippen LogP contribution in [0.3, 0.4) is 0 Å². The third-order valence-electron chi connectivity index (χ3n) is 11.9. The van der Waals surface area contributed by atoms with E-state index in [2.05, 4.69) is 72.6 Å². The van der Waals surface area contributed by atoms with Crippen molar-refractivity contribution >= 4 is 40.0 Å². The summed E-state index contributed by atoms with van der Waals surface area (Å²) < 4.78 is 14.3. The number of fused-ring (bicyclic) bond motifs is 6. The van der Waals surface area contributed by atoms with Gasteiger partial charge in [0.15, 0.2) is 0 Å². The number of esters is 1. The molecule has 57 heavy (non-hydrogen) atoms. The molecule has 306 valence electrons. The topological polar surface area (TPSA) is 140 Å². The molecule has 2 fully saturated rings. The number of rotatable bonds is 9. The Bertz CT molecular complexity index is 2080. The Labute approximate surface area is 340 Å². The number of hydrazine groups is 1. The van der Waals surface area contributed by atoms with Gasteiger partial charge in [0.05, 0.1) is 40.7 Å². The van der Waals surface area contributed by atoms with E-state index in [-0.39, 0.29) is 48.9 Å². The van der Waals surface area contributed by atoms with E-state index in [4.69, 9.17) is 19.4 Å². The Morgan fingerprint density at radius 2 is 2.02 bits per heavy atom. The summed E-state index contributed by atoms with van der Waals surface area (Å²) in [7, 11) is 1.70. The highest BCUT2D eigenvalue weighted by atomic mass is 32.1. The van der Waals surface area contributed by atoms with Crippen molar-refractivity contribution in [1.29, 1.82) is 0 Å². The molecule has 6 bridgehead atoms. The summed E-state index contributed by atoms with van der Waals surface area (Å²) in [4.78, 5) is 52.1. The lowest BCUT2D eigenvalue weighted by Gasteiger charge is -2.36. The zero-order valence-corrected chi connectivity index (χ0v) is 35.2. The number of hydrogen-bond donors (Lipinski definition) is 3. The predicted octanol–water partition coefficient (Wildman–Crippen LogP) is 6.76. The number of nitrogens with zero attached hydrogens (tertiary/aromatic N) is 4. The maximum Gasteiger partial charge on any atom is 0.324 e. The number of unbranched alkanes of at least 4 members (excludes halogenated alkanes) is 1. The molecule has 13 heteroatoms. The highest BCUT2D eigenvalue weighted by Crippen LogP contribution is 2.42. The molecule has 3 aliphatic rings. The molecular weight excluding hydrogens is 739 g/mol.